The topological polar surface area (TPSA) is 58.4 Å². The van der Waals surface area contributed by atoms with Crippen molar-refractivity contribution in [2.45, 2.75) is 32.7 Å². The first-order valence-corrected chi connectivity index (χ1v) is 8.65. The molecule has 4 rings (SSSR count). The number of carbonyl (C=O) groups is 1. The summed E-state index contributed by atoms with van der Waals surface area (Å²) in [6, 6.07) is 13.5. The second-order valence-electron chi connectivity index (χ2n) is 6.50. The highest BCUT2D eigenvalue weighted by Crippen LogP contribution is 2.28. The number of oxazole rings is 1. The summed E-state index contributed by atoms with van der Waals surface area (Å²) in [5, 5.41) is 3.30. The zero-order valence-corrected chi connectivity index (χ0v) is 14.5. The second-order valence-corrected chi connectivity index (χ2v) is 6.50. The van der Waals surface area contributed by atoms with Gasteiger partial charge in [0.25, 0.3) is 0 Å². The number of benzene rings is 2. The van der Waals surface area contributed by atoms with E-state index in [1.807, 2.05) is 55.1 Å². The largest absolute Gasteiger partial charge is 0.441 e. The fourth-order valence-corrected chi connectivity index (χ4v) is 3.44. The van der Waals surface area contributed by atoms with Gasteiger partial charge >= 0.3 is 0 Å². The van der Waals surface area contributed by atoms with Crippen LogP contribution in [0.4, 0.5) is 11.4 Å². The Morgan fingerprint density at radius 3 is 3.00 bits per heavy atom. The molecule has 0 radical (unpaired) electrons. The van der Waals surface area contributed by atoms with Gasteiger partial charge in [-0.05, 0) is 49.6 Å². The smallest absolute Gasteiger partial charge is 0.249 e. The van der Waals surface area contributed by atoms with E-state index in [9.17, 15) is 4.79 Å². The molecule has 3 aromatic rings. The Balaban J connectivity index is 1.54. The minimum atomic E-state index is -0.323. The van der Waals surface area contributed by atoms with Crippen LogP contribution in [0.1, 0.15) is 24.8 Å². The monoisotopic (exact) mass is 335 g/mol. The summed E-state index contributed by atoms with van der Waals surface area (Å²) in [5.74, 6) is 0.727. The van der Waals surface area contributed by atoms with Crippen LogP contribution in [0.15, 0.2) is 46.9 Å². The molecule has 1 amide bonds. The van der Waals surface area contributed by atoms with Crippen molar-refractivity contribution in [3.8, 4) is 0 Å². The zero-order chi connectivity index (χ0) is 17.4. The maximum absolute atomic E-state index is 13.0. The van der Waals surface area contributed by atoms with Crippen molar-refractivity contribution in [1.82, 2.24) is 4.98 Å². The lowest BCUT2D eigenvalue weighted by Gasteiger charge is -2.31. The van der Waals surface area contributed by atoms with Crippen LogP contribution in [0.5, 0.6) is 0 Å². The van der Waals surface area contributed by atoms with E-state index in [0.29, 0.717) is 5.89 Å². The number of aromatic nitrogens is 1. The lowest BCUT2D eigenvalue weighted by atomic mass is 10.0. The van der Waals surface area contributed by atoms with Crippen LogP contribution in [-0.2, 0) is 11.2 Å². The van der Waals surface area contributed by atoms with Crippen LogP contribution < -0.4 is 10.2 Å². The average molecular weight is 335 g/mol. The number of nitrogens with zero attached hydrogens (tertiary/aromatic N) is 2. The zero-order valence-electron chi connectivity index (χ0n) is 14.5. The summed E-state index contributed by atoms with van der Waals surface area (Å²) >= 11 is 0. The van der Waals surface area contributed by atoms with Gasteiger partial charge in [0.15, 0.2) is 11.5 Å². The number of aryl methyl sites for hydroxylation is 2. The molecular formula is C20H21N3O2. The van der Waals surface area contributed by atoms with E-state index in [0.717, 1.165) is 41.9 Å². The van der Waals surface area contributed by atoms with Gasteiger partial charge in [-0.2, -0.15) is 0 Å². The third-order valence-corrected chi connectivity index (χ3v) is 4.62. The number of anilines is 2. The fraction of sp³-hybridized carbons (Fsp3) is 0.300. The average Bonchev–Trinajstić information content (AvgIpc) is 3.00. The lowest BCUT2D eigenvalue weighted by Crippen LogP contribution is -2.44. The Kier molecular flexibility index (Phi) is 3.92. The Labute approximate surface area is 146 Å². The highest BCUT2D eigenvalue weighted by atomic mass is 16.3. The molecule has 0 spiro atoms. The molecule has 1 aromatic heterocycles. The van der Waals surface area contributed by atoms with Crippen molar-refractivity contribution in [3.05, 3.63) is 53.9 Å². The van der Waals surface area contributed by atoms with E-state index < -0.39 is 0 Å². The standard InChI is InChI=1S/C20H21N3O2/c1-13(21-16-9-10-19-17(12-16)22-14(2)25-19)20(24)23-11-5-7-15-6-3-4-8-18(15)23/h3-4,6,8-10,12-13,21H,5,7,11H2,1-2H3. The van der Waals surface area contributed by atoms with Crippen LogP contribution in [-0.4, -0.2) is 23.5 Å². The van der Waals surface area contributed by atoms with Crippen molar-refractivity contribution in [1.29, 1.82) is 0 Å². The molecule has 0 saturated heterocycles. The van der Waals surface area contributed by atoms with Crippen molar-refractivity contribution < 1.29 is 9.21 Å². The van der Waals surface area contributed by atoms with E-state index in [2.05, 4.69) is 16.4 Å². The molecule has 0 aliphatic carbocycles. The second kappa shape index (κ2) is 6.24. The van der Waals surface area contributed by atoms with Gasteiger partial charge in [-0.15, -0.1) is 0 Å². The van der Waals surface area contributed by atoms with E-state index in [-0.39, 0.29) is 11.9 Å². The molecule has 1 aliphatic heterocycles. The lowest BCUT2D eigenvalue weighted by molar-refractivity contribution is -0.119. The molecule has 5 heteroatoms. The molecule has 1 atom stereocenters. The summed E-state index contributed by atoms with van der Waals surface area (Å²) in [5.41, 5.74) is 4.70. The van der Waals surface area contributed by atoms with Gasteiger partial charge in [0.2, 0.25) is 5.91 Å². The predicted octanol–water partition coefficient (Wildman–Crippen LogP) is 3.92. The summed E-state index contributed by atoms with van der Waals surface area (Å²) in [7, 11) is 0. The van der Waals surface area contributed by atoms with Crippen LogP contribution in [0, 0.1) is 6.92 Å². The third-order valence-electron chi connectivity index (χ3n) is 4.62. The van der Waals surface area contributed by atoms with E-state index in [4.69, 9.17) is 4.42 Å². The SMILES string of the molecule is Cc1nc2cc(NC(C)C(=O)N3CCCc4ccccc43)ccc2o1. The molecule has 128 valence electrons. The molecule has 0 saturated carbocycles. The Morgan fingerprint density at radius 1 is 1.28 bits per heavy atom. The first-order valence-electron chi connectivity index (χ1n) is 8.65. The van der Waals surface area contributed by atoms with Gasteiger partial charge in [0.05, 0.1) is 0 Å². The number of rotatable bonds is 3. The van der Waals surface area contributed by atoms with Gasteiger partial charge in [-0.1, -0.05) is 18.2 Å². The summed E-state index contributed by atoms with van der Waals surface area (Å²) in [6.45, 7) is 4.49. The molecule has 2 aromatic carbocycles. The molecule has 25 heavy (non-hydrogen) atoms. The normalized spacial score (nSPS) is 15.0. The minimum absolute atomic E-state index is 0.0866. The van der Waals surface area contributed by atoms with Gasteiger partial charge in [0, 0.05) is 24.8 Å². The number of para-hydroxylation sites is 1. The summed E-state index contributed by atoms with van der Waals surface area (Å²) in [4.78, 5) is 19.2. The maximum Gasteiger partial charge on any atom is 0.249 e. The Bertz CT molecular complexity index is 932. The fourth-order valence-electron chi connectivity index (χ4n) is 3.44. The highest BCUT2D eigenvalue weighted by molar-refractivity contribution is 5.99. The molecule has 0 bridgehead atoms. The highest BCUT2D eigenvalue weighted by Gasteiger charge is 2.26. The summed E-state index contributed by atoms with van der Waals surface area (Å²) in [6.07, 6.45) is 2.03. The molecule has 1 N–H and O–H groups in total. The summed E-state index contributed by atoms with van der Waals surface area (Å²) < 4.78 is 5.50. The first kappa shape index (κ1) is 15.7. The quantitative estimate of drug-likeness (QED) is 0.788. The number of nitrogens with one attached hydrogen (secondary N) is 1. The molecule has 5 nitrogen and oxygen atoms in total. The number of fused-ring (bicyclic) bond motifs is 2. The number of carbonyl (C=O) groups excluding carboxylic acids is 1. The van der Waals surface area contributed by atoms with E-state index in [1.54, 1.807) is 0 Å². The number of amides is 1. The third kappa shape index (κ3) is 2.97. The van der Waals surface area contributed by atoms with Crippen LogP contribution in [0.3, 0.4) is 0 Å². The molecule has 2 heterocycles. The van der Waals surface area contributed by atoms with Crippen LogP contribution in [0.25, 0.3) is 11.1 Å². The van der Waals surface area contributed by atoms with Crippen molar-refractivity contribution in [3.63, 3.8) is 0 Å². The Morgan fingerprint density at radius 2 is 2.12 bits per heavy atom. The predicted molar refractivity (Wildman–Crippen MR) is 98.9 cm³/mol. The molecule has 1 aliphatic rings. The van der Waals surface area contributed by atoms with Gasteiger partial charge in [0.1, 0.15) is 11.6 Å². The van der Waals surface area contributed by atoms with Crippen molar-refractivity contribution >= 4 is 28.4 Å². The molecule has 1 unspecified atom stereocenters. The van der Waals surface area contributed by atoms with Crippen LogP contribution in [0.2, 0.25) is 0 Å². The minimum Gasteiger partial charge on any atom is -0.441 e. The van der Waals surface area contributed by atoms with Crippen molar-refractivity contribution in [2.75, 3.05) is 16.8 Å². The van der Waals surface area contributed by atoms with Gasteiger partial charge in [-0.25, -0.2) is 4.98 Å². The van der Waals surface area contributed by atoms with E-state index in [1.165, 1.54) is 5.56 Å². The van der Waals surface area contributed by atoms with Crippen LogP contribution >= 0.6 is 0 Å². The number of hydrogen-bond donors (Lipinski definition) is 1. The Hall–Kier alpha value is -2.82. The van der Waals surface area contributed by atoms with Gasteiger partial charge < -0.3 is 14.6 Å². The molecular weight excluding hydrogens is 314 g/mol. The maximum atomic E-state index is 13.0. The van der Waals surface area contributed by atoms with E-state index >= 15 is 0 Å². The number of hydrogen-bond acceptors (Lipinski definition) is 4. The van der Waals surface area contributed by atoms with Gasteiger partial charge in [-0.3, -0.25) is 4.79 Å². The van der Waals surface area contributed by atoms with Crippen molar-refractivity contribution in [2.24, 2.45) is 0 Å². The molecule has 0 fully saturated rings. The first-order chi connectivity index (χ1) is 12.1.